The molecule has 3 rings (SSSR count). The van der Waals surface area contributed by atoms with Gasteiger partial charge in [-0.15, -0.1) is 16.8 Å². The molecule has 1 aromatic heterocycles. The molecule has 0 fully saturated rings. The van der Waals surface area contributed by atoms with Crippen LogP contribution in [0, 0.1) is 16.4 Å². The monoisotopic (exact) mass is 637 g/mol. The normalized spacial score (nSPS) is 11.8. The van der Waals surface area contributed by atoms with Crippen LogP contribution in [0.4, 0.5) is 5.69 Å². The number of allylic oxidation sites excluding steroid dienone is 1. The number of nitrogens with zero attached hydrogens (tertiary/aromatic N) is 3. The van der Waals surface area contributed by atoms with E-state index in [0.29, 0.717) is 34.5 Å². The van der Waals surface area contributed by atoms with Gasteiger partial charge in [-0.1, -0.05) is 55.4 Å². The van der Waals surface area contributed by atoms with Crippen LogP contribution in [0.15, 0.2) is 60.3 Å². The van der Waals surface area contributed by atoms with Crippen molar-refractivity contribution in [3.05, 3.63) is 80.7 Å². The molecule has 3 aromatic rings. The first kappa shape index (κ1) is 28.2. The van der Waals surface area contributed by atoms with Crippen LogP contribution in [-0.2, 0) is 11.3 Å². The predicted octanol–water partition coefficient (Wildman–Crippen LogP) is 6.28. The lowest BCUT2D eigenvalue weighted by Gasteiger charge is -2.21. The summed E-state index contributed by atoms with van der Waals surface area (Å²) in [5, 5.41) is 15.7. The van der Waals surface area contributed by atoms with E-state index in [4.69, 9.17) is 11.6 Å². The SMILES string of the molecule is C=CCn1c(SCC(=O)Nc2ccc(I)cc2C)nnc1[C@H](CC(C)C)NC(=O)c1ccccc1Cl. The molecule has 0 unspecified atom stereocenters. The number of nitrogens with one attached hydrogen (secondary N) is 2. The molecule has 0 spiro atoms. The van der Waals surface area contributed by atoms with Crippen molar-refractivity contribution in [2.24, 2.45) is 5.92 Å². The highest BCUT2D eigenvalue weighted by Gasteiger charge is 2.25. The van der Waals surface area contributed by atoms with E-state index in [9.17, 15) is 9.59 Å². The molecule has 0 aliphatic heterocycles. The Kier molecular flexibility index (Phi) is 10.4. The van der Waals surface area contributed by atoms with E-state index in [0.717, 1.165) is 14.8 Å². The van der Waals surface area contributed by atoms with Crippen LogP contribution in [0.5, 0.6) is 0 Å². The third-order valence-corrected chi connectivity index (χ3v) is 7.26. The average Bonchev–Trinajstić information content (AvgIpc) is 3.22. The van der Waals surface area contributed by atoms with E-state index in [1.54, 1.807) is 30.3 Å². The van der Waals surface area contributed by atoms with Crippen LogP contribution in [0.1, 0.15) is 48.1 Å². The molecular formula is C26H29ClIN5O2S. The minimum absolute atomic E-state index is 0.134. The van der Waals surface area contributed by atoms with E-state index in [1.807, 2.05) is 29.7 Å². The average molecular weight is 638 g/mol. The maximum absolute atomic E-state index is 13.0. The topological polar surface area (TPSA) is 88.9 Å². The van der Waals surface area contributed by atoms with Gasteiger partial charge in [0.2, 0.25) is 5.91 Å². The van der Waals surface area contributed by atoms with Crippen molar-refractivity contribution in [3.63, 3.8) is 0 Å². The lowest BCUT2D eigenvalue weighted by molar-refractivity contribution is -0.113. The van der Waals surface area contributed by atoms with Gasteiger partial charge in [0, 0.05) is 15.8 Å². The Morgan fingerprint density at radius 1 is 1.22 bits per heavy atom. The molecule has 2 N–H and O–H groups in total. The summed E-state index contributed by atoms with van der Waals surface area (Å²) in [6.07, 6.45) is 2.40. The molecule has 7 nitrogen and oxygen atoms in total. The summed E-state index contributed by atoms with van der Waals surface area (Å²) in [7, 11) is 0. The molecule has 36 heavy (non-hydrogen) atoms. The fourth-order valence-corrected chi connectivity index (χ4v) is 5.25. The maximum Gasteiger partial charge on any atom is 0.253 e. The van der Waals surface area contributed by atoms with Gasteiger partial charge in [0.15, 0.2) is 11.0 Å². The summed E-state index contributed by atoms with van der Waals surface area (Å²) in [6.45, 7) is 10.4. The third-order valence-electron chi connectivity index (χ3n) is 5.29. The molecule has 1 atom stereocenters. The second kappa shape index (κ2) is 13.3. The molecule has 0 aliphatic rings. The summed E-state index contributed by atoms with van der Waals surface area (Å²) in [5.41, 5.74) is 2.19. The highest BCUT2D eigenvalue weighted by molar-refractivity contribution is 14.1. The molecular weight excluding hydrogens is 609 g/mol. The van der Waals surface area contributed by atoms with Gasteiger partial charge in [0.05, 0.1) is 22.4 Å². The van der Waals surface area contributed by atoms with Gasteiger partial charge >= 0.3 is 0 Å². The van der Waals surface area contributed by atoms with E-state index in [2.05, 4.69) is 63.8 Å². The van der Waals surface area contributed by atoms with Crippen LogP contribution in [0.2, 0.25) is 5.02 Å². The Morgan fingerprint density at radius 2 is 1.97 bits per heavy atom. The Bertz CT molecular complexity index is 1250. The highest BCUT2D eigenvalue weighted by Crippen LogP contribution is 2.26. The number of halogens is 2. The van der Waals surface area contributed by atoms with E-state index >= 15 is 0 Å². The first-order chi connectivity index (χ1) is 17.2. The van der Waals surface area contributed by atoms with Gasteiger partial charge in [-0.25, -0.2) is 0 Å². The second-order valence-electron chi connectivity index (χ2n) is 8.67. The van der Waals surface area contributed by atoms with Crippen molar-refractivity contribution in [1.82, 2.24) is 20.1 Å². The summed E-state index contributed by atoms with van der Waals surface area (Å²) in [5.74, 6) is 0.655. The van der Waals surface area contributed by atoms with Crippen LogP contribution in [0.25, 0.3) is 0 Å². The van der Waals surface area contributed by atoms with Gasteiger partial charge in [0.25, 0.3) is 5.91 Å². The number of hydrogen-bond acceptors (Lipinski definition) is 5. The first-order valence-electron chi connectivity index (χ1n) is 11.5. The van der Waals surface area contributed by atoms with Crippen LogP contribution in [-0.4, -0.2) is 32.3 Å². The quantitative estimate of drug-likeness (QED) is 0.147. The predicted molar refractivity (Wildman–Crippen MR) is 155 cm³/mol. The van der Waals surface area contributed by atoms with E-state index in [1.165, 1.54) is 11.8 Å². The molecule has 190 valence electrons. The molecule has 2 aromatic carbocycles. The molecule has 0 aliphatic carbocycles. The van der Waals surface area contributed by atoms with Gasteiger partial charge < -0.3 is 15.2 Å². The molecule has 0 radical (unpaired) electrons. The molecule has 0 bridgehead atoms. The molecule has 0 saturated heterocycles. The number of carbonyl (C=O) groups is 2. The summed E-state index contributed by atoms with van der Waals surface area (Å²) >= 11 is 9.77. The van der Waals surface area contributed by atoms with Crippen LogP contribution < -0.4 is 10.6 Å². The number of carbonyl (C=O) groups excluding carboxylic acids is 2. The van der Waals surface area contributed by atoms with Crippen LogP contribution >= 0.6 is 46.0 Å². The number of hydrogen-bond donors (Lipinski definition) is 2. The first-order valence-corrected chi connectivity index (χ1v) is 13.9. The highest BCUT2D eigenvalue weighted by atomic mass is 127. The molecule has 10 heteroatoms. The van der Waals surface area contributed by atoms with Gasteiger partial charge in [-0.2, -0.15) is 0 Å². The number of rotatable bonds is 11. The van der Waals surface area contributed by atoms with Gasteiger partial charge in [0.1, 0.15) is 0 Å². The summed E-state index contributed by atoms with van der Waals surface area (Å²) in [6, 6.07) is 12.4. The zero-order valence-corrected chi connectivity index (χ0v) is 24.2. The lowest BCUT2D eigenvalue weighted by Crippen LogP contribution is -2.32. The van der Waals surface area contributed by atoms with Crippen molar-refractivity contribution in [2.45, 2.75) is 44.9 Å². The van der Waals surface area contributed by atoms with Crippen molar-refractivity contribution in [3.8, 4) is 0 Å². The number of benzene rings is 2. The molecule has 1 heterocycles. The number of amides is 2. The molecule has 0 saturated carbocycles. The third kappa shape index (κ3) is 7.57. The van der Waals surface area contributed by atoms with Crippen molar-refractivity contribution < 1.29 is 9.59 Å². The maximum atomic E-state index is 13.0. The summed E-state index contributed by atoms with van der Waals surface area (Å²) in [4.78, 5) is 25.6. The Hall–Kier alpha value is -2.37. The smallest absolute Gasteiger partial charge is 0.253 e. The van der Waals surface area contributed by atoms with Crippen molar-refractivity contribution >= 4 is 63.5 Å². The largest absolute Gasteiger partial charge is 0.342 e. The Labute approximate surface area is 234 Å². The Balaban J connectivity index is 1.78. The zero-order chi connectivity index (χ0) is 26.2. The Morgan fingerprint density at radius 3 is 2.64 bits per heavy atom. The van der Waals surface area contributed by atoms with Crippen molar-refractivity contribution in [2.75, 3.05) is 11.1 Å². The van der Waals surface area contributed by atoms with E-state index in [-0.39, 0.29) is 29.5 Å². The van der Waals surface area contributed by atoms with Crippen LogP contribution in [0.3, 0.4) is 0 Å². The second-order valence-corrected chi connectivity index (χ2v) is 11.3. The number of thioether (sulfide) groups is 1. The fraction of sp³-hybridized carbons (Fsp3) is 0.308. The van der Waals surface area contributed by atoms with Gasteiger partial charge in [-0.05, 0) is 77.7 Å². The number of anilines is 1. The molecule has 2 amide bonds. The minimum Gasteiger partial charge on any atom is -0.342 e. The lowest BCUT2D eigenvalue weighted by atomic mass is 10.0. The zero-order valence-electron chi connectivity index (χ0n) is 20.4. The van der Waals surface area contributed by atoms with Crippen molar-refractivity contribution in [1.29, 1.82) is 0 Å². The van der Waals surface area contributed by atoms with E-state index < -0.39 is 0 Å². The number of aryl methyl sites for hydroxylation is 1. The fourth-order valence-electron chi connectivity index (χ4n) is 3.63. The standard InChI is InChI=1S/C26H29ClIN5O2S/c1-5-12-33-24(22(13-16(2)3)30-25(35)19-8-6-7-9-20(19)27)31-32-26(33)36-15-23(34)29-21-11-10-18(28)14-17(21)4/h5-11,14,16,22H,1,12-13,15H2,2-4H3,(H,29,34)(H,30,35)/t22-/m0/s1. The van der Waals surface area contributed by atoms with Gasteiger partial charge in [-0.3, -0.25) is 9.59 Å². The summed E-state index contributed by atoms with van der Waals surface area (Å²) < 4.78 is 3.00. The minimum atomic E-state index is -0.390. The number of aromatic nitrogens is 3.